The van der Waals surface area contributed by atoms with Crippen LogP contribution in [0, 0.1) is 0 Å². The fourth-order valence-electron chi connectivity index (χ4n) is 1.47. The van der Waals surface area contributed by atoms with Crippen LogP contribution in [0.4, 0.5) is 0 Å². The third-order valence-corrected chi connectivity index (χ3v) is 2.76. The van der Waals surface area contributed by atoms with E-state index in [0.29, 0.717) is 23.3 Å². The predicted molar refractivity (Wildman–Crippen MR) is 70.0 cm³/mol. The van der Waals surface area contributed by atoms with Crippen LogP contribution in [0.3, 0.4) is 0 Å². The van der Waals surface area contributed by atoms with Crippen LogP contribution in [-0.2, 0) is 11.3 Å². The lowest BCUT2D eigenvalue weighted by Gasteiger charge is -2.07. The Bertz CT molecular complexity index is 593. The van der Waals surface area contributed by atoms with Crippen LogP contribution in [0.25, 0.3) is 10.9 Å². The van der Waals surface area contributed by atoms with Gasteiger partial charge in [-0.15, -0.1) is 0 Å². The summed E-state index contributed by atoms with van der Waals surface area (Å²) < 4.78 is 6.32. The zero-order valence-corrected chi connectivity index (χ0v) is 11.2. The first-order valence-corrected chi connectivity index (χ1v) is 6.15. The number of nitrogens with one attached hydrogen (secondary N) is 1. The van der Waals surface area contributed by atoms with Gasteiger partial charge in [0.15, 0.2) is 0 Å². The van der Waals surface area contributed by atoms with Gasteiger partial charge in [0.2, 0.25) is 0 Å². The molecule has 1 N–H and O–H groups in total. The molecule has 0 amide bonds. The number of rotatable bonds is 3. The molecule has 5 heteroatoms. The quantitative estimate of drug-likeness (QED) is 0.947. The highest BCUT2D eigenvalue weighted by atomic mass is 79.9. The van der Waals surface area contributed by atoms with Gasteiger partial charge in [0, 0.05) is 4.47 Å². The molecule has 0 aliphatic carbocycles. The first-order valence-electron chi connectivity index (χ1n) is 5.36. The van der Waals surface area contributed by atoms with Crippen molar-refractivity contribution in [3.8, 4) is 0 Å². The molecule has 2 aromatic rings. The molecular formula is C12H13BrN2O2. The second-order valence-corrected chi connectivity index (χ2v) is 4.95. The van der Waals surface area contributed by atoms with Gasteiger partial charge < -0.3 is 9.72 Å². The Kier molecular flexibility index (Phi) is 3.59. The summed E-state index contributed by atoms with van der Waals surface area (Å²) in [4.78, 5) is 18.9. The standard InChI is InChI=1S/C12H13BrN2O2/c1-7(2)17-6-11-14-10-5-8(13)3-4-9(10)12(16)15-11/h3-5,7H,6H2,1-2H3,(H,14,15,16). The van der Waals surface area contributed by atoms with Crippen LogP contribution < -0.4 is 5.56 Å². The van der Waals surface area contributed by atoms with E-state index in [2.05, 4.69) is 25.9 Å². The molecule has 17 heavy (non-hydrogen) atoms. The maximum Gasteiger partial charge on any atom is 0.258 e. The van der Waals surface area contributed by atoms with Gasteiger partial charge in [-0.3, -0.25) is 4.79 Å². The summed E-state index contributed by atoms with van der Waals surface area (Å²) in [7, 11) is 0. The molecule has 4 nitrogen and oxygen atoms in total. The molecule has 0 aliphatic rings. The second kappa shape index (κ2) is 4.98. The number of fused-ring (bicyclic) bond motifs is 1. The Balaban J connectivity index is 2.43. The van der Waals surface area contributed by atoms with E-state index in [1.807, 2.05) is 26.0 Å². The van der Waals surface area contributed by atoms with Gasteiger partial charge in [-0.25, -0.2) is 4.98 Å². The molecule has 1 aromatic carbocycles. The van der Waals surface area contributed by atoms with Crippen LogP contribution in [0.2, 0.25) is 0 Å². The highest BCUT2D eigenvalue weighted by Gasteiger charge is 2.05. The number of aromatic amines is 1. The van der Waals surface area contributed by atoms with Crippen molar-refractivity contribution >= 4 is 26.8 Å². The van der Waals surface area contributed by atoms with Crippen LogP contribution in [-0.4, -0.2) is 16.1 Å². The van der Waals surface area contributed by atoms with E-state index in [-0.39, 0.29) is 11.7 Å². The molecule has 1 heterocycles. The fraction of sp³-hybridized carbons (Fsp3) is 0.333. The lowest BCUT2D eigenvalue weighted by Crippen LogP contribution is -2.14. The Labute approximate surface area is 107 Å². The normalized spacial score (nSPS) is 11.3. The smallest absolute Gasteiger partial charge is 0.258 e. The Morgan fingerprint density at radius 2 is 2.24 bits per heavy atom. The average molecular weight is 297 g/mol. The number of H-pyrrole nitrogens is 1. The maximum absolute atomic E-state index is 11.8. The summed E-state index contributed by atoms with van der Waals surface area (Å²) in [5, 5.41) is 0.585. The van der Waals surface area contributed by atoms with Crippen LogP contribution in [0.15, 0.2) is 27.5 Å². The molecule has 1 aromatic heterocycles. The summed E-state index contributed by atoms with van der Waals surface area (Å²) in [5.74, 6) is 0.550. The zero-order valence-electron chi connectivity index (χ0n) is 9.66. The molecule has 0 radical (unpaired) electrons. The van der Waals surface area contributed by atoms with Crippen molar-refractivity contribution in [2.45, 2.75) is 26.6 Å². The van der Waals surface area contributed by atoms with Gasteiger partial charge in [0.1, 0.15) is 12.4 Å². The number of benzene rings is 1. The summed E-state index contributed by atoms with van der Waals surface area (Å²) in [5.41, 5.74) is 0.537. The van der Waals surface area contributed by atoms with Crippen molar-refractivity contribution in [1.29, 1.82) is 0 Å². The second-order valence-electron chi connectivity index (χ2n) is 4.03. The average Bonchev–Trinajstić information content (AvgIpc) is 2.25. The molecule has 0 saturated heterocycles. The van der Waals surface area contributed by atoms with Crippen LogP contribution in [0.1, 0.15) is 19.7 Å². The summed E-state index contributed by atoms with van der Waals surface area (Å²) in [6.45, 7) is 4.20. The third-order valence-electron chi connectivity index (χ3n) is 2.27. The van der Waals surface area contributed by atoms with E-state index in [1.54, 1.807) is 6.07 Å². The van der Waals surface area contributed by atoms with Crippen molar-refractivity contribution < 1.29 is 4.74 Å². The molecule has 0 spiro atoms. The molecule has 0 aliphatic heterocycles. The molecule has 0 fully saturated rings. The summed E-state index contributed by atoms with van der Waals surface area (Å²) in [6, 6.07) is 5.39. The minimum absolute atomic E-state index is 0.110. The highest BCUT2D eigenvalue weighted by molar-refractivity contribution is 9.10. The maximum atomic E-state index is 11.8. The minimum Gasteiger partial charge on any atom is -0.371 e. The van der Waals surface area contributed by atoms with E-state index in [4.69, 9.17) is 4.74 Å². The highest BCUT2D eigenvalue weighted by Crippen LogP contribution is 2.15. The van der Waals surface area contributed by atoms with Crippen molar-refractivity contribution in [2.75, 3.05) is 0 Å². The van der Waals surface area contributed by atoms with E-state index in [0.717, 1.165) is 4.47 Å². The first-order chi connectivity index (χ1) is 8.06. The van der Waals surface area contributed by atoms with Crippen LogP contribution in [0.5, 0.6) is 0 Å². The lowest BCUT2D eigenvalue weighted by atomic mass is 10.2. The Morgan fingerprint density at radius 3 is 2.94 bits per heavy atom. The van der Waals surface area contributed by atoms with Gasteiger partial charge in [0.25, 0.3) is 5.56 Å². The molecule has 0 unspecified atom stereocenters. The summed E-state index contributed by atoms with van der Waals surface area (Å²) in [6.07, 6.45) is 0.110. The SMILES string of the molecule is CC(C)OCc1nc2cc(Br)ccc2c(=O)[nH]1. The predicted octanol–water partition coefficient (Wildman–Crippen LogP) is 2.61. The van der Waals surface area contributed by atoms with E-state index < -0.39 is 0 Å². The third kappa shape index (κ3) is 2.92. The molecule has 0 bridgehead atoms. The van der Waals surface area contributed by atoms with Crippen molar-refractivity contribution in [3.05, 3.63) is 38.9 Å². The Morgan fingerprint density at radius 1 is 1.47 bits per heavy atom. The number of halogens is 1. The fourth-order valence-corrected chi connectivity index (χ4v) is 1.82. The largest absolute Gasteiger partial charge is 0.371 e. The number of hydrogen-bond acceptors (Lipinski definition) is 3. The van der Waals surface area contributed by atoms with Crippen molar-refractivity contribution in [2.24, 2.45) is 0 Å². The monoisotopic (exact) mass is 296 g/mol. The van der Waals surface area contributed by atoms with Gasteiger partial charge in [-0.05, 0) is 32.0 Å². The van der Waals surface area contributed by atoms with Crippen molar-refractivity contribution in [3.63, 3.8) is 0 Å². The lowest BCUT2D eigenvalue weighted by molar-refractivity contribution is 0.0613. The molecule has 0 saturated carbocycles. The minimum atomic E-state index is -0.134. The van der Waals surface area contributed by atoms with Gasteiger partial charge in [0.05, 0.1) is 17.0 Å². The molecule has 0 atom stereocenters. The number of nitrogens with zero attached hydrogens (tertiary/aromatic N) is 1. The molecule has 90 valence electrons. The van der Waals surface area contributed by atoms with Crippen molar-refractivity contribution in [1.82, 2.24) is 9.97 Å². The molecule has 2 rings (SSSR count). The van der Waals surface area contributed by atoms with E-state index in [1.165, 1.54) is 0 Å². The van der Waals surface area contributed by atoms with Crippen LogP contribution >= 0.6 is 15.9 Å². The van der Waals surface area contributed by atoms with E-state index >= 15 is 0 Å². The number of hydrogen-bond donors (Lipinski definition) is 1. The Hall–Kier alpha value is -1.20. The first kappa shape index (κ1) is 12.3. The van der Waals surface area contributed by atoms with Gasteiger partial charge >= 0.3 is 0 Å². The van der Waals surface area contributed by atoms with Gasteiger partial charge in [-0.1, -0.05) is 15.9 Å². The number of ether oxygens (including phenoxy) is 1. The van der Waals surface area contributed by atoms with E-state index in [9.17, 15) is 4.79 Å². The van der Waals surface area contributed by atoms with Gasteiger partial charge in [-0.2, -0.15) is 0 Å². The number of aromatic nitrogens is 2. The summed E-state index contributed by atoms with van der Waals surface area (Å²) >= 11 is 3.36. The zero-order chi connectivity index (χ0) is 12.4. The topological polar surface area (TPSA) is 55.0 Å². The molecular weight excluding hydrogens is 284 g/mol.